The van der Waals surface area contributed by atoms with Crippen LogP contribution in [0, 0.1) is 0 Å². The summed E-state index contributed by atoms with van der Waals surface area (Å²) in [6, 6.07) is 8.55. The highest BCUT2D eigenvalue weighted by Gasteiger charge is 2.22. The van der Waals surface area contributed by atoms with Crippen molar-refractivity contribution in [2.24, 2.45) is 0 Å². The largest absolute Gasteiger partial charge is 0.355 e. The predicted octanol–water partition coefficient (Wildman–Crippen LogP) is 2.49. The van der Waals surface area contributed by atoms with Gasteiger partial charge in [-0.15, -0.1) is 0 Å². The Hall–Kier alpha value is -1.88. The second-order valence-electron chi connectivity index (χ2n) is 6.28. The van der Waals surface area contributed by atoms with Crippen molar-refractivity contribution in [2.45, 2.75) is 45.1 Å². The van der Waals surface area contributed by atoms with Gasteiger partial charge < -0.3 is 10.3 Å². The molecule has 5 nitrogen and oxygen atoms in total. The van der Waals surface area contributed by atoms with Gasteiger partial charge >= 0.3 is 0 Å². The first-order valence-corrected chi connectivity index (χ1v) is 8.70. The number of rotatable bonds is 7. The molecular formula is C18H26N4O. The van der Waals surface area contributed by atoms with Crippen LogP contribution in [0.1, 0.15) is 38.4 Å². The van der Waals surface area contributed by atoms with Crippen LogP contribution in [0.4, 0.5) is 0 Å². The Labute approximate surface area is 137 Å². The van der Waals surface area contributed by atoms with E-state index in [0.717, 1.165) is 42.8 Å². The summed E-state index contributed by atoms with van der Waals surface area (Å²) >= 11 is 0. The topological polar surface area (TPSA) is 61.0 Å². The molecule has 5 heteroatoms. The van der Waals surface area contributed by atoms with Gasteiger partial charge in [-0.2, -0.15) is 0 Å². The van der Waals surface area contributed by atoms with E-state index in [1.165, 1.54) is 19.4 Å². The SMILES string of the molecule is CCN1CCCC1CNC(=O)CCCc1nc2ccccc2[nH]1. The van der Waals surface area contributed by atoms with Gasteiger partial charge in [0.1, 0.15) is 5.82 Å². The van der Waals surface area contributed by atoms with Crippen molar-refractivity contribution >= 4 is 16.9 Å². The number of para-hydroxylation sites is 2. The smallest absolute Gasteiger partial charge is 0.220 e. The monoisotopic (exact) mass is 314 g/mol. The summed E-state index contributed by atoms with van der Waals surface area (Å²) in [5, 5.41) is 3.09. The number of carbonyl (C=O) groups is 1. The molecule has 0 aliphatic carbocycles. The van der Waals surface area contributed by atoms with Crippen LogP contribution in [0.25, 0.3) is 11.0 Å². The number of hydrogen-bond acceptors (Lipinski definition) is 3. The Morgan fingerprint density at radius 3 is 3.13 bits per heavy atom. The zero-order valence-electron chi connectivity index (χ0n) is 13.8. The average Bonchev–Trinajstić information content (AvgIpc) is 3.18. The van der Waals surface area contributed by atoms with Crippen LogP contribution in [-0.2, 0) is 11.2 Å². The van der Waals surface area contributed by atoms with Crippen LogP contribution in [-0.4, -0.2) is 46.5 Å². The van der Waals surface area contributed by atoms with Crippen LogP contribution < -0.4 is 5.32 Å². The molecule has 1 aliphatic rings. The average molecular weight is 314 g/mol. The summed E-state index contributed by atoms with van der Waals surface area (Å²) in [5.74, 6) is 1.12. The normalized spacial score (nSPS) is 18.6. The number of nitrogens with zero attached hydrogens (tertiary/aromatic N) is 2. The molecule has 1 aliphatic heterocycles. The lowest BCUT2D eigenvalue weighted by atomic mass is 10.2. The lowest BCUT2D eigenvalue weighted by Crippen LogP contribution is -2.39. The molecule has 0 saturated carbocycles. The molecule has 0 bridgehead atoms. The fourth-order valence-corrected chi connectivity index (χ4v) is 3.40. The summed E-state index contributed by atoms with van der Waals surface area (Å²) < 4.78 is 0. The summed E-state index contributed by atoms with van der Waals surface area (Å²) in [5.41, 5.74) is 2.06. The number of likely N-dealkylation sites (tertiary alicyclic amines) is 1. The maximum atomic E-state index is 12.0. The Bertz CT molecular complexity index is 618. The highest BCUT2D eigenvalue weighted by molar-refractivity contribution is 5.76. The number of benzene rings is 1. The Morgan fingerprint density at radius 2 is 2.30 bits per heavy atom. The molecule has 1 fully saturated rings. The van der Waals surface area contributed by atoms with Gasteiger partial charge in [-0.3, -0.25) is 9.69 Å². The molecule has 1 amide bonds. The van der Waals surface area contributed by atoms with Crippen molar-refractivity contribution < 1.29 is 4.79 Å². The van der Waals surface area contributed by atoms with Crippen molar-refractivity contribution in [3.8, 4) is 0 Å². The first-order valence-electron chi connectivity index (χ1n) is 8.70. The van der Waals surface area contributed by atoms with E-state index >= 15 is 0 Å². The number of imidazole rings is 1. The van der Waals surface area contributed by atoms with Crippen LogP contribution >= 0.6 is 0 Å². The number of nitrogens with one attached hydrogen (secondary N) is 2. The summed E-state index contributed by atoms with van der Waals surface area (Å²) in [4.78, 5) is 22.3. The molecule has 0 radical (unpaired) electrons. The number of aryl methyl sites for hydroxylation is 1. The second kappa shape index (κ2) is 7.59. The minimum Gasteiger partial charge on any atom is -0.355 e. The fraction of sp³-hybridized carbons (Fsp3) is 0.556. The summed E-state index contributed by atoms with van der Waals surface area (Å²) in [6.45, 7) is 5.22. The molecule has 2 aromatic rings. The highest BCUT2D eigenvalue weighted by atomic mass is 16.1. The number of H-pyrrole nitrogens is 1. The second-order valence-corrected chi connectivity index (χ2v) is 6.28. The molecule has 3 rings (SSSR count). The minimum atomic E-state index is 0.157. The molecule has 2 N–H and O–H groups in total. The van der Waals surface area contributed by atoms with E-state index in [9.17, 15) is 4.79 Å². The van der Waals surface area contributed by atoms with E-state index in [4.69, 9.17) is 0 Å². The van der Waals surface area contributed by atoms with E-state index in [0.29, 0.717) is 12.5 Å². The molecule has 1 saturated heterocycles. The van der Waals surface area contributed by atoms with Crippen molar-refractivity contribution in [3.05, 3.63) is 30.1 Å². The molecule has 0 spiro atoms. The standard InChI is InChI=1S/C18H26N4O/c1-2-22-12-6-7-14(22)13-19-18(23)11-5-10-17-20-15-8-3-4-9-16(15)21-17/h3-4,8-9,14H,2,5-7,10-13H2,1H3,(H,19,23)(H,20,21). The molecule has 23 heavy (non-hydrogen) atoms. The highest BCUT2D eigenvalue weighted by Crippen LogP contribution is 2.15. The van der Waals surface area contributed by atoms with Gasteiger partial charge in [0.25, 0.3) is 0 Å². The van der Waals surface area contributed by atoms with E-state index < -0.39 is 0 Å². The Morgan fingerprint density at radius 1 is 1.43 bits per heavy atom. The van der Waals surface area contributed by atoms with Crippen LogP contribution in [0.3, 0.4) is 0 Å². The van der Waals surface area contributed by atoms with Crippen LogP contribution in [0.15, 0.2) is 24.3 Å². The third-order valence-electron chi connectivity index (χ3n) is 4.70. The summed E-state index contributed by atoms with van der Waals surface area (Å²) in [7, 11) is 0. The van der Waals surface area contributed by atoms with Crippen LogP contribution in [0.5, 0.6) is 0 Å². The van der Waals surface area contributed by atoms with Gasteiger partial charge in [-0.25, -0.2) is 4.98 Å². The van der Waals surface area contributed by atoms with Gasteiger partial charge in [-0.1, -0.05) is 19.1 Å². The molecule has 1 atom stereocenters. The quantitative estimate of drug-likeness (QED) is 0.825. The van der Waals surface area contributed by atoms with E-state index in [-0.39, 0.29) is 5.91 Å². The van der Waals surface area contributed by atoms with Gasteiger partial charge in [0.05, 0.1) is 11.0 Å². The molecule has 1 unspecified atom stereocenters. The number of likely N-dealkylation sites (N-methyl/N-ethyl adjacent to an activating group) is 1. The number of amides is 1. The third-order valence-corrected chi connectivity index (χ3v) is 4.70. The first-order chi connectivity index (χ1) is 11.3. The number of fused-ring (bicyclic) bond motifs is 1. The zero-order valence-corrected chi connectivity index (χ0v) is 13.8. The van der Waals surface area contributed by atoms with E-state index in [1.54, 1.807) is 0 Å². The van der Waals surface area contributed by atoms with Crippen molar-refractivity contribution in [3.63, 3.8) is 0 Å². The van der Waals surface area contributed by atoms with Gasteiger partial charge in [0, 0.05) is 25.4 Å². The van der Waals surface area contributed by atoms with Crippen molar-refractivity contribution in [1.29, 1.82) is 0 Å². The Kier molecular flexibility index (Phi) is 5.28. The fourth-order valence-electron chi connectivity index (χ4n) is 3.40. The minimum absolute atomic E-state index is 0.157. The molecule has 1 aromatic carbocycles. The number of aromatic amines is 1. The maximum Gasteiger partial charge on any atom is 0.220 e. The molecule has 124 valence electrons. The van der Waals surface area contributed by atoms with Gasteiger partial charge in [0.15, 0.2) is 0 Å². The maximum absolute atomic E-state index is 12.0. The Balaban J connectivity index is 1.39. The van der Waals surface area contributed by atoms with Gasteiger partial charge in [-0.05, 0) is 44.5 Å². The zero-order chi connectivity index (χ0) is 16.1. The lowest BCUT2D eigenvalue weighted by Gasteiger charge is -2.22. The molecule has 2 heterocycles. The third kappa shape index (κ3) is 4.10. The number of hydrogen-bond donors (Lipinski definition) is 2. The molecular weight excluding hydrogens is 288 g/mol. The van der Waals surface area contributed by atoms with Crippen molar-refractivity contribution in [2.75, 3.05) is 19.6 Å². The van der Waals surface area contributed by atoms with Crippen molar-refractivity contribution in [1.82, 2.24) is 20.2 Å². The van der Waals surface area contributed by atoms with E-state index in [1.807, 2.05) is 24.3 Å². The van der Waals surface area contributed by atoms with Crippen LogP contribution in [0.2, 0.25) is 0 Å². The number of carbonyl (C=O) groups excluding carboxylic acids is 1. The van der Waals surface area contributed by atoms with E-state index in [2.05, 4.69) is 27.1 Å². The lowest BCUT2D eigenvalue weighted by molar-refractivity contribution is -0.121. The first kappa shape index (κ1) is 16.0. The predicted molar refractivity (Wildman–Crippen MR) is 92.3 cm³/mol. The molecule has 1 aromatic heterocycles. The number of aromatic nitrogens is 2. The summed E-state index contributed by atoms with van der Waals surface area (Å²) in [6.07, 6.45) is 4.66. The van der Waals surface area contributed by atoms with Gasteiger partial charge in [0.2, 0.25) is 5.91 Å².